The maximum atomic E-state index is 12.4. The molecule has 0 unspecified atom stereocenters. The lowest BCUT2D eigenvalue weighted by Gasteiger charge is -2.11. The fraction of sp³-hybridized carbons (Fsp3) is 0.143. The standard InChI is InChI=1S/C14H10F3NO3S/c1-9-8-10(6-7-13(9)22-14(15,16)17)21-12-5-3-2-4-11(12)18(19)20/h2-8H,1H3. The van der Waals surface area contributed by atoms with Gasteiger partial charge < -0.3 is 4.74 Å². The van der Waals surface area contributed by atoms with Gasteiger partial charge >= 0.3 is 11.2 Å². The van der Waals surface area contributed by atoms with Crippen molar-refractivity contribution < 1.29 is 22.8 Å². The minimum atomic E-state index is -4.37. The Morgan fingerprint density at radius 1 is 1.18 bits per heavy atom. The quantitative estimate of drug-likeness (QED) is 0.433. The van der Waals surface area contributed by atoms with Crippen LogP contribution in [-0.2, 0) is 0 Å². The molecule has 0 spiro atoms. The molecule has 0 saturated carbocycles. The van der Waals surface area contributed by atoms with Gasteiger partial charge in [0, 0.05) is 11.0 Å². The van der Waals surface area contributed by atoms with Crippen LogP contribution in [0.3, 0.4) is 0 Å². The predicted molar refractivity (Wildman–Crippen MR) is 76.3 cm³/mol. The van der Waals surface area contributed by atoms with E-state index in [1.807, 2.05) is 0 Å². The van der Waals surface area contributed by atoms with Crippen molar-refractivity contribution in [3.63, 3.8) is 0 Å². The third-order valence-corrected chi connectivity index (χ3v) is 3.57. The first-order chi connectivity index (χ1) is 10.3. The molecule has 0 aliphatic heterocycles. The minimum Gasteiger partial charge on any atom is -0.450 e. The van der Waals surface area contributed by atoms with E-state index in [4.69, 9.17) is 4.74 Å². The molecule has 0 saturated heterocycles. The zero-order chi connectivity index (χ0) is 16.3. The second-order valence-corrected chi connectivity index (χ2v) is 5.41. The lowest BCUT2D eigenvalue weighted by Crippen LogP contribution is -2.00. The number of halogens is 3. The smallest absolute Gasteiger partial charge is 0.446 e. The molecule has 0 radical (unpaired) electrons. The molecule has 0 N–H and O–H groups in total. The number of rotatable bonds is 4. The van der Waals surface area contributed by atoms with Gasteiger partial charge in [-0.25, -0.2) is 0 Å². The number of nitro groups is 1. The third kappa shape index (κ3) is 4.14. The molecule has 0 fully saturated rings. The molecular weight excluding hydrogens is 319 g/mol. The van der Waals surface area contributed by atoms with Gasteiger partial charge in [-0.05, 0) is 48.5 Å². The molecule has 0 aliphatic carbocycles. The molecule has 0 atom stereocenters. The second-order valence-electron chi connectivity index (χ2n) is 4.30. The molecule has 22 heavy (non-hydrogen) atoms. The molecule has 8 heteroatoms. The first-order valence-corrected chi connectivity index (χ1v) is 6.85. The van der Waals surface area contributed by atoms with Crippen molar-refractivity contribution in [1.82, 2.24) is 0 Å². The number of aryl methyl sites for hydroxylation is 1. The fourth-order valence-corrected chi connectivity index (χ4v) is 2.35. The van der Waals surface area contributed by atoms with Gasteiger partial charge in [0.1, 0.15) is 5.75 Å². The Bertz CT molecular complexity index is 704. The average Bonchev–Trinajstić information content (AvgIpc) is 2.41. The summed E-state index contributed by atoms with van der Waals surface area (Å²) >= 11 is -0.213. The molecule has 2 aromatic carbocycles. The van der Waals surface area contributed by atoms with Crippen molar-refractivity contribution in [3.8, 4) is 11.5 Å². The van der Waals surface area contributed by atoms with Gasteiger partial charge in [0.15, 0.2) is 0 Å². The zero-order valence-corrected chi connectivity index (χ0v) is 12.1. The number of nitro benzene ring substituents is 1. The summed E-state index contributed by atoms with van der Waals surface area (Å²) in [7, 11) is 0. The van der Waals surface area contributed by atoms with Gasteiger partial charge in [-0.15, -0.1) is 0 Å². The molecule has 0 heterocycles. The van der Waals surface area contributed by atoms with Crippen LogP contribution in [0.15, 0.2) is 47.4 Å². The number of alkyl halides is 3. The molecule has 2 aromatic rings. The lowest BCUT2D eigenvalue weighted by atomic mass is 10.2. The molecule has 0 aromatic heterocycles. The maximum Gasteiger partial charge on any atom is 0.446 e. The SMILES string of the molecule is Cc1cc(Oc2ccccc2[N+](=O)[O-])ccc1SC(F)(F)F. The van der Waals surface area contributed by atoms with E-state index in [1.165, 1.54) is 43.3 Å². The molecule has 0 amide bonds. The summed E-state index contributed by atoms with van der Waals surface area (Å²) in [5, 5.41) is 10.9. The lowest BCUT2D eigenvalue weighted by molar-refractivity contribution is -0.385. The Kier molecular flexibility index (Phi) is 4.60. The van der Waals surface area contributed by atoms with Crippen molar-refractivity contribution in [2.24, 2.45) is 0 Å². The molecule has 0 bridgehead atoms. The number of para-hydroxylation sites is 2. The predicted octanol–water partition coefficient (Wildman–Crippen LogP) is 5.31. The topological polar surface area (TPSA) is 52.4 Å². The number of hydrogen-bond acceptors (Lipinski definition) is 4. The van der Waals surface area contributed by atoms with Crippen molar-refractivity contribution >= 4 is 17.4 Å². The summed E-state index contributed by atoms with van der Waals surface area (Å²) in [6, 6.07) is 9.81. The number of thioether (sulfide) groups is 1. The van der Waals surface area contributed by atoms with Crippen LogP contribution in [0.2, 0.25) is 0 Å². The normalized spacial score (nSPS) is 11.3. The highest BCUT2D eigenvalue weighted by Gasteiger charge is 2.30. The van der Waals surface area contributed by atoms with Gasteiger partial charge in [0.2, 0.25) is 5.75 Å². The van der Waals surface area contributed by atoms with Crippen LogP contribution in [0.5, 0.6) is 11.5 Å². The number of ether oxygens (including phenoxy) is 1. The number of benzene rings is 2. The van der Waals surface area contributed by atoms with Crippen molar-refractivity contribution in [2.45, 2.75) is 17.3 Å². The summed E-state index contributed by atoms with van der Waals surface area (Å²) < 4.78 is 42.5. The first-order valence-electron chi connectivity index (χ1n) is 6.04. The van der Waals surface area contributed by atoms with E-state index in [1.54, 1.807) is 6.07 Å². The summed E-state index contributed by atoms with van der Waals surface area (Å²) in [5.41, 5.74) is -4.21. The molecule has 0 aliphatic rings. The largest absolute Gasteiger partial charge is 0.450 e. The maximum absolute atomic E-state index is 12.4. The first kappa shape index (κ1) is 16.2. The van der Waals surface area contributed by atoms with E-state index in [2.05, 4.69) is 0 Å². The van der Waals surface area contributed by atoms with E-state index >= 15 is 0 Å². The molecule has 116 valence electrons. The highest BCUT2D eigenvalue weighted by atomic mass is 32.2. The van der Waals surface area contributed by atoms with Gasteiger partial charge in [-0.3, -0.25) is 10.1 Å². The van der Waals surface area contributed by atoms with Crippen LogP contribution < -0.4 is 4.74 Å². The van der Waals surface area contributed by atoms with Crippen molar-refractivity contribution in [3.05, 3.63) is 58.1 Å². The van der Waals surface area contributed by atoms with Crippen LogP contribution >= 0.6 is 11.8 Å². The fourth-order valence-electron chi connectivity index (χ4n) is 1.75. The Labute approximate surface area is 128 Å². The van der Waals surface area contributed by atoms with Crippen molar-refractivity contribution in [1.29, 1.82) is 0 Å². The van der Waals surface area contributed by atoms with Crippen LogP contribution in [-0.4, -0.2) is 10.4 Å². The van der Waals surface area contributed by atoms with E-state index in [9.17, 15) is 23.3 Å². The van der Waals surface area contributed by atoms with Crippen LogP contribution in [0.4, 0.5) is 18.9 Å². The van der Waals surface area contributed by atoms with E-state index < -0.39 is 10.4 Å². The summed E-state index contributed by atoms with van der Waals surface area (Å²) in [6.45, 7) is 1.51. The molecule has 4 nitrogen and oxygen atoms in total. The van der Waals surface area contributed by atoms with Gasteiger partial charge in [-0.2, -0.15) is 13.2 Å². The van der Waals surface area contributed by atoms with E-state index in [0.717, 1.165) is 0 Å². The van der Waals surface area contributed by atoms with Gasteiger partial charge in [-0.1, -0.05) is 12.1 Å². The number of nitrogens with zero attached hydrogens (tertiary/aromatic N) is 1. The van der Waals surface area contributed by atoms with Gasteiger partial charge in [0.25, 0.3) is 0 Å². The minimum absolute atomic E-state index is 0.0307. The monoisotopic (exact) mass is 329 g/mol. The summed E-state index contributed by atoms with van der Waals surface area (Å²) in [5.74, 6) is 0.265. The highest BCUT2D eigenvalue weighted by Crippen LogP contribution is 2.40. The van der Waals surface area contributed by atoms with E-state index in [-0.39, 0.29) is 33.8 Å². The third-order valence-electron chi connectivity index (χ3n) is 2.66. The Morgan fingerprint density at radius 2 is 1.86 bits per heavy atom. The molecular formula is C14H10F3NO3S. The van der Waals surface area contributed by atoms with Crippen molar-refractivity contribution in [2.75, 3.05) is 0 Å². The highest BCUT2D eigenvalue weighted by molar-refractivity contribution is 8.00. The average molecular weight is 329 g/mol. The van der Waals surface area contributed by atoms with Crippen LogP contribution in [0.25, 0.3) is 0 Å². The zero-order valence-electron chi connectivity index (χ0n) is 11.3. The molecule has 2 rings (SSSR count). The van der Waals surface area contributed by atoms with E-state index in [0.29, 0.717) is 5.56 Å². The van der Waals surface area contributed by atoms with Crippen LogP contribution in [0.1, 0.15) is 5.56 Å². The van der Waals surface area contributed by atoms with Gasteiger partial charge in [0.05, 0.1) is 4.92 Å². The number of hydrogen-bond donors (Lipinski definition) is 0. The Hall–Kier alpha value is -2.22. The summed E-state index contributed by atoms with van der Waals surface area (Å²) in [6.07, 6.45) is 0. The Morgan fingerprint density at radius 3 is 2.45 bits per heavy atom. The summed E-state index contributed by atoms with van der Waals surface area (Å²) in [4.78, 5) is 10.4. The second kappa shape index (κ2) is 6.27. The van der Waals surface area contributed by atoms with Crippen LogP contribution in [0, 0.1) is 17.0 Å². The Balaban J connectivity index is 2.25.